The molecule has 132 valence electrons. The van der Waals surface area contributed by atoms with Crippen LogP contribution < -0.4 is 10.6 Å². The molecule has 0 heterocycles. The second-order valence-corrected chi connectivity index (χ2v) is 6.19. The fourth-order valence-corrected chi connectivity index (χ4v) is 2.08. The van der Waals surface area contributed by atoms with Crippen molar-refractivity contribution in [2.75, 3.05) is 6.54 Å². The molecule has 0 unspecified atom stereocenters. The third-order valence-corrected chi connectivity index (χ3v) is 3.41. The van der Waals surface area contributed by atoms with Gasteiger partial charge in [0.1, 0.15) is 5.82 Å². The molecule has 0 bridgehead atoms. The number of hydrogen-bond acceptors (Lipinski definition) is 3. The van der Waals surface area contributed by atoms with Gasteiger partial charge in [-0.05, 0) is 51.0 Å². The van der Waals surface area contributed by atoms with Gasteiger partial charge in [-0.15, -0.1) is 0 Å². The standard InChI is InChI=1S/C17H23FN2O4/c1-17(2,10-9-15(22)23)20-14(21)4-3-11-19-16(24)12-5-7-13(18)8-6-12/h5-8H,3-4,9-11H2,1-2H3,(H,19,24)(H,20,21)(H,22,23). The lowest BCUT2D eigenvalue weighted by Gasteiger charge is -2.25. The Hall–Kier alpha value is -2.44. The first-order valence-electron chi connectivity index (χ1n) is 7.76. The van der Waals surface area contributed by atoms with E-state index in [4.69, 9.17) is 5.11 Å². The summed E-state index contributed by atoms with van der Waals surface area (Å²) < 4.78 is 12.8. The fraction of sp³-hybridized carbons (Fsp3) is 0.471. The number of amides is 2. The van der Waals surface area contributed by atoms with Gasteiger partial charge in [-0.3, -0.25) is 14.4 Å². The van der Waals surface area contributed by atoms with Crippen molar-refractivity contribution in [1.29, 1.82) is 0 Å². The first-order chi connectivity index (χ1) is 11.2. The van der Waals surface area contributed by atoms with Gasteiger partial charge in [0, 0.05) is 30.5 Å². The zero-order valence-electron chi connectivity index (χ0n) is 13.9. The number of carboxylic acids is 1. The normalized spacial score (nSPS) is 11.0. The summed E-state index contributed by atoms with van der Waals surface area (Å²) in [5.74, 6) is -1.83. The molecule has 0 fully saturated rings. The van der Waals surface area contributed by atoms with Gasteiger partial charge in [-0.2, -0.15) is 0 Å². The molecule has 0 aliphatic carbocycles. The molecule has 3 N–H and O–H groups in total. The van der Waals surface area contributed by atoms with Crippen LogP contribution in [0.5, 0.6) is 0 Å². The minimum atomic E-state index is -0.902. The topological polar surface area (TPSA) is 95.5 Å². The minimum absolute atomic E-state index is 0.0129. The molecule has 1 rings (SSSR count). The van der Waals surface area contributed by atoms with E-state index in [1.54, 1.807) is 13.8 Å². The number of hydrogen-bond donors (Lipinski definition) is 3. The summed E-state index contributed by atoms with van der Waals surface area (Å²) in [4.78, 5) is 34.2. The SMILES string of the molecule is CC(C)(CCC(=O)O)NC(=O)CCCNC(=O)c1ccc(F)cc1. The first-order valence-corrected chi connectivity index (χ1v) is 7.76. The predicted octanol–water partition coefficient (Wildman–Crippen LogP) is 2.10. The van der Waals surface area contributed by atoms with Gasteiger partial charge in [0.05, 0.1) is 0 Å². The molecule has 0 saturated heterocycles. The van der Waals surface area contributed by atoms with Crippen LogP contribution >= 0.6 is 0 Å². The number of carbonyl (C=O) groups is 3. The van der Waals surface area contributed by atoms with Crippen molar-refractivity contribution in [3.05, 3.63) is 35.6 Å². The molecule has 2 amide bonds. The highest BCUT2D eigenvalue weighted by atomic mass is 19.1. The smallest absolute Gasteiger partial charge is 0.303 e. The first kappa shape index (κ1) is 19.6. The van der Waals surface area contributed by atoms with Crippen molar-refractivity contribution in [2.24, 2.45) is 0 Å². The van der Waals surface area contributed by atoms with Crippen LogP contribution in [0.3, 0.4) is 0 Å². The Bertz CT molecular complexity index is 585. The maximum atomic E-state index is 12.8. The Morgan fingerprint density at radius 2 is 1.75 bits per heavy atom. The highest BCUT2D eigenvalue weighted by Crippen LogP contribution is 2.11. The Morgan fingerprint density at radius 3 is 2.33 bits per heavy atom. The summed E-state index contributed by atoms with van der Waals surface area (Å²) in [5.41, 5.74) is -0.233. The van der Waals surface area contributed by atoms with Crippen LogP contribution in [0.25, 0.3) is 0 Å². The largest absolute Gasteiger partial charge is 0.481 e. The highest BCUT2D eigenvalue weighted by molar-refractivity contribution is 5.94. The molecule has 0 saturated carbocycles. The fourth-order valence-electron chi connectivity index (χ4n) is 2.08. The average Bonchev–Trinajstić information content (AvgIpc) is 2.50. The van der Waals surface area contributed by atoms with E-state index < -0.39 is 17.3 Å². The number of halogens is 1. The van der Waals surface area contributed by atoms with Gasteiger partial charge in [-0.1, -0.05) is 0 Å². The predicted molar refractivity (Wildman–Crippen MR) is 87.1 cm³/mol. The van der Waals surface area contributed by atoms with Crippen LogP contribution in [0.2, 0.25) is 0 Å². The van der Waals surface area contributed by atoms with Crippen LogP contribution in [-0.4, -0.2) is 35.0 Å². The molecular weight excluding hydrogens is 315 g/mol. The van der Waals surface area contributed by atoms with E-state index in [2.05, 4.69) is 10.6 Å². The van der Waals surface area contributed by atoms with E-state index in [0.29, 0.717) is 24.9 Å². The Kier molecular flexibility index (Phi) is 7.35. The van der Waals surface area contributed by atoms with Gasteiger partial charge < -0.3 is 15.7 Å². The van der Waals surface area contributed by atoms with Crippen molar-refractivity contribution in [1.82, 2.24) is 10.6 Å². The van der Waals surface area contributed by atoms with Crippen LogP contribution in [-0.2, 0) is 9.59 Å². The third kappa shape index (κ3) is 7.71. The lowest BCUT2D eigenvalue weighted by atomic mass is 9.98. The van der Waals surface area contributed by atoms with Crippen molar-refractivity contribution >= 4 is 17.8 Å². The minimum Gasteiger partial charge on any atom is -0.481 e. The lowest BCUT2D eigenvalue weighted by Crippen LogP contribution is -2.43. The van der Waals surface area contributed by atoms with Crippen molar-refractivity contribution in [2.45, 2.75) is 45.1 Å². The quantitative estimate of drug-likeness (QED) is 0.601. The van der Waals surface area contributed by atoms with E-state index in [9.17, 15) is 18.8 Å². The van der Waals surface area contributed by atoms with Crippen LogP contribution in [0.1, 0.15) is 49.9 Å². The molecule has 6 nitrogen and oxygen atoms in total. The molecule has 1 aromatic rings. The number of carboxylic acid groups (broad SMARTS) is 1. The molecule has 0 radical (unpaired) electrons. The Morgan fingerprint density at radius 1 is 1.12 bits per heavy atom. The summed E-state index contributed by atoms with van der Waals surface area (Å²) in [5, 5.41) is 14.1. The maximum Gasteiger partial charge on any atom is 0.303 e. The Balaban J connectivity index is 2.26. The average molecular weight is 338 g/mol. The summed E-state index contributed by atoms with van der Waals surface area (Å²) in [6, 6.07) is 5.20. The molecule has 0 spiro atoms. The number of aliphatic carboxylic acids is 1. The molecule has 24 heavy (non-hydrogen) atoms. The molecule has 7 heteroatoms. The van der Waals surface area contributed by atoms with Crippen molar-refractivity contribution in [3.8, 4) is 0 Å². The molecule has 0 atom stereocenters. The second kappa shape index (κ2) is 9.00. The molecule has 1 aromatic carbocycles. The van der Waals surface area contributed by atoms with Crippen molar-refractivity contribution in [3.63, 3.8) is 0 Å². The van der Waals surface area contributed by atoms with E-state index in [0.717, 1.165) is 0 Å². The summed E-state index contributed by atoms with van der Waals surface area (Å²) in [6.45, 7) is 3.85. The van der Waals surface area contributed by atoms with Crippen LogP contribution in [0, 0.1) is 5.82 Å². The highest BCUT2D eigenvalue weighted by Gasteiger charge is 2.21. The molecular formula is C17H23FN2O4. The van der Waals surface area contributed by atoms with Gasteiger partial charge >= 0.3 is 5.97 Å². The molecule has 0 aliphatic rings. The second-order valence-electron chi connectivity index (χ2n) is 6.19. The van der Waals surface area contributed by atoms with E-state index in [1.807, 2.05) is 0 Å². The summed E-state index contributed by atoms with van der Waals surface area (Å²) in [7, 11) is 0. The maximum absolute atomic E-state index is 12.8. The van der Waals surface area contributed by atoms with E-state index in [1.165, 1.54) is 24.3 Å². The van der Waals surface area contributed by atoms with Crippen molar-refractivity contribution < 1.29 is 23.9 Å². The monoisotopic (exact) mass is 338 g/mol. The number of benzene rings is 1. The number of nitrogens with one attached hydrogen (secondary N) is 2. The van der Waals surface area contributed by atoms with E-state index in [-0.39, 0.29) is 24.7 Å². The molecule has 0 aromatic heterocycles. The zero-order chi connectivity index (χ0) is 18.2. The Labute approximate surface area is 140 Å². The summed E-state index contributed by atoms with van der Waals surface area (Å²) >= 11 is 0. The lowest BCUT2D eigenvalue weighted by molar-refractivity contribution is -0.137. The van der Waals surface area contributed by atoms with Gasteiger partial charge in [0.15, 0.2) is 0 Å². The van der Waals surface area contributed by atoms with E-state index >= 15 is 0 Å². The third-order valence-electron chi connectivity index (χ3n) is 3.41. The molecule has 0 aliphatic heterocycles. The van der Waals surface area contributed by atoms with Gasteiger partial charge in [-0.25, -0.2) is 4.39 Å². The van der Waals surface area contributed by atoms with Gasteiger partial charge in [0.2, 0.25) is 5.91 Å². The zero-order valence-corrected chi connectivity index (χ0v) is 13.9. The summed E-state index contributed by atoms with van der Waals surface area (Å²) in [6.07, 6.45) is 1.00. The number of rotatable bonds is 9. The van der Waals surface area contributed by atoms with Crippen LogP contribution in [0.15, 0.2) is 24.3 Å². The number of carbonyl (C=O) groups excluding carboxylic acids is 2. The van der Waals surface area contributed by atoms with Gasteiger partial charge in [0.25, 0.3) is 5.91 Å². The van der Waals surface area contributed by atoms with Crippen LogP contribution in [0.4, 0.5) is 4.39 Å².